The number of methoxy groups -OCH3 is 3. The minimum Gasteiger partial charge on any atom is -0.496 e. The highest BCUT2D eigenvalue weighted by molar-refractivity contribution is 6.00. The Hall–Kier alpha value is -3.48. The van der Waals surface area contributed by atoms with E-state index in [9.17, 15) is 9.59 Å². The normalized spacial score (nSPS) is 15.0. The zero-order chi connectivity index (χ0) is 22.9. The summed E-state index contributed by atoms with van der Waals surface area (Å²) in [5, 5.41) is 5.84. The van der Waals surface area contributed by atoms with Gasteiger partial charge in [0.1, 0.15) is 5.75 Å². The van der Waals surface area contributed by atoms with Crippen molar-refractivity contribution in [2.45, 2.75) is 25.7 Å². The van der Waals surface area contributed by atoms with E-state index in [2.05, 4.69) is 16.7 Å². The van der Waals surface area contributed by atoms with E-state index in [1.54, 1.807) is 19.2 Å². The first-order valence-electron chi connectivity index (χ1n) is 10.7. The Labute approximate surface area is 188 Å². The fourth-order valence-corrected chi connectivity index (χ4v) is 3.78. The van der Waals surface area contributed by atoms with Crippen LogP contribution >= 0.6 is 0 Å². The summed E-state index contributed by atoms with van der Waals surface area (Å²) < 4.78 is 16.2. The Morgan fingerprint density at radius 3 is 2.47 bits per heavy atom. The van der Waals surface area contributed by atoms with Crippen molar-refractivity contribution in [1.82, 2.24) is 5.32 Å². The van der Waals surface area contributed by atoms with Crippen LogP contribution in [0.2, 0.25) is 0 Å². The van der Waals surface area contributed by atoms with Crippen LogP contribution in [-0.4, -0.2) is 39.7 Å². The first kappa shape index (κ1) is 23.2. The smallest absolute Gasteiger partial charge is 0.251 e. The molecule has 1 aliphatic carbocycles. The molecule has 1 atom stereocenters. The van der Waals surface area contributed by atoms with E-state index in [4.69, 9.17) is 14.2 Å². The van der Waals surface area contributed by atoms with E-state index in [0.717, 1.165) is 24.2 Å². The predicted octanol–water partition coefficient (Wildman–Crippen LogP) is 3.98. The molecule has 32 heavy (non-hydrogen) atoms. The average molecular weight is 439 g/mol. The lowest BCUT2D eigenvalue weighted by Crippen LogP contribution is -2.27. The minimum atomic E-state index is -0.267. The van der Waals surface area contributed by atoms with Gasteiger partial charge in [-0.3, -0.25) is 9.59 Å². The molecule has 3 rings (SSSR count). The van der Waals surface area contributed by atoms with Gasteiger partial charge in [0.2, 0.25) is 5.91 Å². The lowest BCUT2D eigenvalue weighted by atomic mass is 9.93. The Morgan fingerprint density at radius 1 is 1.00 bits per heavy atom. The van der Waals surface area contributed by atoms with Crippen LogP contribution in [0.4, 0.5) is 5.69 Å². The number of ether oxygens (including phenoxy) is 3. The van der Waals surface area contributed by atoms with Crippen molar-refractivity contribution < 1.29 is 23.8 Å². The summed E-state index contributed by atoms with van der Waals surface area (Å²) in [5.41, 5.74) is 1.81. The molecule has 7 nitrogen and oxygen atoms in total. The molecule has 0 saturated carbocycles. The van der Waals surface area contributed by atoms with Crippen LogP contribution in [0.15, 0.2) is 48.6 Å². The fourth-order valence-electron chi connectivity index (χ4n) is 3.78. The SMILES string of the molecule is COc1ccccc1CCNC(=O)c1cc(NC(=O)C2CC=CCC2)c(OC)c(OC)c1. The molecule has 2 N–H and O–H groups in total. The number of hydrogen-bond donors (Lipinski definition) is 2. The van der Waals surface area contributed by atoms with Crippen molar-refractivity contribution in [3.8, 4) is 17.2 Å². The summed E-state index contributed by atoms with van der Waals surface area (Å²) in [4.78, 5) is 25.6. The van der Waals surface area contributed by atoms with Gasteiger partial charge in [-0.1, -0.05) is 30.4 Å². The Balaban J connectivity index is 1.73. The van der Waals surface area contributed by atoms with Gasteiger partial charge >= 0.3 is 0 Å². The Bertz CT molecular complexity index is 986. The molecule has 2 aromatic carbocycles. The van der Waals surface area contributed by atoms with Crippen LogP contribution in [0.3, 0.4) is 0 Å². The molecule has 170 valence electrons. The van der Waals surface area contributed by atoms with Gasteiger partial charge in [-0.2, -0.15) is 0 Å². The summed E-state index contributed by atoms with van der Waals surface area (Å²) >= 11 is 0. The summed E-state index contributed by atoms with van der Waals surface area (Å²) in [7, 11) is 4.63. The zero-order valence-electron chi connectivity index (χ0n) is 18.8. The quantitative estimate of drug-likeness (QED) is 0.579. The number of anilines is 1. The van der Waals surface area contributed by atoms with Crippen LogP contribution < -0.4 is 24.8 Å². The summed E-state index contributed by atoms with van der Waals surface area (Å²) in [6.45, 7) is 0.434. The summed E-state index contributed by atoms with van der Waals surface area (Å²) in [5.74, 6) is 1.09. The van der Waals surface area contributed by atoms with E-state index in [1.807, 2.05) is 30.3 Å². The number of hydrogen-bond acceptors (Lipinski definition) is 5. The van der Waals surface area contributed by atoms with Gasteiger partial charge in [-0.15, -0.1) is 0 Å². The molecule has 0 aliphatic heterocycles. The molecule has 0 saturated heterocycles. The largest absolute Gasteiger partial charge is 0.496 e. The molecule has 0 bridgehead atoms. The van der Waals surface area contributed by atoms with E-state index < -0.39 is 0 Å². The summed E-state index contributed by atoms with van der Waals surface area (Å²) in [6, 6.07) is 10.9. The highest BCUT2D eigenvalue weighted by Crippen LogP contribution is 2.37. The number of amides is 2. The van der Waals surface area contributed by atoms with Crippen LogP contribution in [0, 0.1) is 5.92 Å². The second-order valence-corrected chi connectivity index (χ2v) is 7.55. The first-order valence-corrected chi connectivity index (χ1v) is 10.7. The summed E-state index contributed by atoms with van der Waals surface area (Å²) in [6.07, 6.45) is 7.12. The van der Waals surface area contributed by atoms with Crippen molar-refractivity contribution in [3.63, 3.8) is 0 Å². The zero-order valence-corrected chi connectivity index (χ0v) is 18.8. The highest BCUT2D eigenvalue weighted by atomic mass is 16.5. The lowest BCUT2D eigenvalue weighted by Gasteiger charge is -2.20. The van der Waals surface area contributed by atoms with Crippen LogP contribution in [0.1, 0.15) is 35.2 Å². The van der Waals surface area contributed by atoms with Gasteiger partial charge in [-0.05, 0) is 49.4 Å². The Morgan fingerprint density at radius 2 is 1.78 bits per heavy atom. The molecule has 0 spiro atoms. The average Bonchev–Trinajstić information content (AvgIpc) is 2.84. The Kier molecular flexibility index (Phi) is 8.14. The molecule has 0 radical (unpaired) electrons. The number of carbonyl (C=O) groups is 2. The number of carbonyl (C=O) groups excluding carboxylic acids is 2. The van der Waals surface area contributed by atoms with Crippen LogP contribution in [0.5, 0.6) is 17.2 Å². The number of benzene rings is 2. The fraction of sp³-hybridized carbons (Fsp3) is 0.360. The van der Waals surface area contributed by atoms with Crippen molar-refractivity contribution in [1.29, 1.82) is 0 Å². The third-order valence-corrected chi connectivity index (χ3v) is 5.51. The first-order chi connectivity index (χ1) is 15.6. The number of allylic oxidation sites excluding steroid dienone is 2. The van der Waals surface area contributed by atoms with Crippen LogP contribution in [0.25, 0.3) is 0 Å². The van der Waals surface area contributed by atoms with Crippen molar-refractivity contribution in [3.05, 3.63) is 59.7 Å². The second kappa shape index (κ2) is 11.2. The maximum absolute atomic E-state index is 12.8. The molecule has 2 aromatic rings. The predicted molar refractivity (Wildman–Crippen MR) is 124 cm³/mol. The van der Waals surface area contributed by atoms with Crippen molar-refractivity contribution in [2.24, 2.45) is 5.92 Å². The van der Waals surface area contributed by atoms with Gasteiger partial charge < -0.3 is 24.8 Å². The van der Waals surface area contributed by atoms with E-state index in [0.29, 0.717) is 42.1 Å². The van der Waals surface area contributed by atoms with Gasteiger partial charge in [0, 0.05) is 18.0 Å². The van der Waals surface area contributed by atoms with E-state index in [-0.39, 0.29) is 17.7 Å². The highest BCUT2D eigenvalue weighted by Gasteiger charge is 2.23. The monoisotopic (exact) mass is 438 g/mol. The number of nitrogens with one attached hydrogen (secondary N) is 2. The molecule has 0 heterocycles. The maximum atomic E-state index is 12.8. The van der Waals surface area contributed by atoms with E-state index in [1.165, 1.54) is 14.2 Å². The van der Waals surface area contributed by atoms with Crippen LogP contribution in [-0.2, 0) is 11.2 Å². The molecule has 2 amide bonds. The molecular weight excluding hydrogens is 408 g/mol. The van der Waals surface area contributed by atoms with Crippen molar-refractivity contribution in [2.75, 3.05) is 33.2 Å². The van der Waals surface area contributed by atoms with Crippen molar-refractivity contribution >= 4 is 17.5 Å². The molecule has 1 aliphatic rings. The standard InChI is InChI=1S/C25H30N2O5/c1-30-21-12-8-7-9-17(21)13-14-26-24(28)19-15-20(23(32-3)22(16-19)31-2)27-25(29)18-10-5-4-6-11-18/h4-5,7-9,12,15-16,18H,6,10-11,13-14H2,1-3H3,(H,26,28)(H,27,29). The number of rotatable bonds is 9. The van der Waals surface area contributed by atoms with Gasteiger partial charge in [0.15, 0.2) is 11.5 Å². The molecule has 7 heteroatoms. The third-order valence-electron chi connectivity index (χ3n) is 5.51. The third kappa shape index (κ3) is 5.60. The number of para-hydroxylation sites is 1. The molecule has 1 unspecified atom stereocenters. The molecule has 0 aromatic heterocycles. The van der Waals surface area contributed by atoms with E-state index >= 15 is 0 Å². The van der Waals surface area contributed by atoms with Gasteiger partial charge in [0.05, 0.1) is 27.0 Å². The second-order valence-electron chi connectivity index (χ2n) is 7.55. The van der Waals surface area contributed by atoms with Gasteiger partial charge in [0.25, 0.3) is 5.91 Å². The minimum absolute atomic E-state index is 0.0940. The topological polar surface area (TPSA) is 85.9 Å². The van der Waals surface area contributed by atoms with Gasteiger partial charge in [-0.25, -0.2) is 0 Å². The lowest BCUT2D eigenvalue weighted by molar-refractivity contribution is -0.120. The molecular formula is C25H30N2O5. The molecule has 0 fully saturated rings. The maximum Gasteiger partial charge on any atom is 0.251 e.